The fourth-order valence-corrected chi connectivity index (χ4v) is 10.2. The average molecular weight is 387 g/mol. The molecule has 0 aliphatic rings. The molecule has 0 radical (unpaired) electrons. The van der Waals surface area contributed by atoms with E-state index in [9.17, 15) is 0 Å². The average Bonchev–Trinajstić information content (AvgIpc) is 2.63. The van der Waals surface area contributed by atoms with E-state index in [1.165, 1.54) is 10.4 Å². The summed E-state index contributed by atoms with van der Waals surface area (Å²) in [6.45, 7) is 21.3. The molecule has 0 saturated carbocycles. The minimum absolute atomic E-state index is 0.709. The fourth-order valence-electron chi connectivity index (χ4n) is 3.60. The van der Waals surface area contributed by atoms with Crippen LogP contribution in [0.1, 0.15) is 13.8 Å². The number of hydrogen-bond donors (Lipinski definition) is 0. The molecule has 26 heavy (non-hydrogen) atoms. The normalized spacial score (nSPS) is 11.8. The van der Waals surface area contributed by atoms with Gasteiger partial charge in [-0.15, -0.1) is 26.3 Å². The van der Waals surface area contributed by atoms with E-state index in [1.54, 1.807) is 0 Å². The van der Waals surface area contributed by atoms with Gasteiger partial charge in [0.25, 0.3) is 0 Å². The highest BCUT2D eigenvalue weighted by atomic mass is 28.4. The van der Waals surface area contributed by atoms with E-state index in [-0.39, 0.29) is 0 Å². The third-order valence-corrected chi connectivity index (χ3v) is 12.9. The van der Waals surface area contributed by atoms with Crippen molar-refractivity contribution in [3.63, 3.8) is 0 Å². The lowest BCUT2D eigenvalue weighted by atomic mass is 10.4. The Morgan fingerprint density at radius 1 is 0.654 bits per heavy atom. The van der Waals surface area contributed by atoms with E-state index in [1.807, 2.05) is 24.3 Å². The lowest BCUT2D eigenvalue weighted by molar-refractivity contribution is 0.332. The molecule has 1 aromatic rings. The van der Waals surface area contributed by atoms with E-state index in [0.717, 1.165) is 24.2 Å². The second-order valence-corrected chi connectivity index (χ2v) is 13.7. The van der Waals surface area contributed by atoms with Gasteiger partial charge in [0.2, 0.25) is 16.6 Å². The molecule has 142 valence electrons. The van der Waals surface area contributed by atoms with Gasteiger partial charge in [-0.1, -0.05) is 48.6 Å². The molecule has 0 atom stereocenters. The van der Waals surface area contributed by atoms with E-state index in [2.05, 4.69) is 64.4 Å². The molecule has 0 aliphatic heterocycles. The molecule has 0 heterocycles. The van der Waals surface area contributed by atoms with Crippen LogP contribution in [-0.2, 0) is 8.85 Å². The zero-order chi connectivity index (χ0) is 19.5. The minimum Gasteiger partial charge on any atom is -0.412 e. The van der Waals surface area contributed by atoms with Gasteiger partial charge in [-0.05, 0) is 48.4 Å². The predicted molar refractivity (Wildman–Crippen MR) is 120 cm³/mol. The molecule has 4 heteroatoms. The van der Waals surface area contributed by atoms with Gasteiger partial charge in [-0.2, -0.15) is 0 Å². The highest BCUT2D eigenvalue weighted by Crippen LogP contribution is 2.22. The summed E-state index contributed by atoms with van der Waals surface area (Å²) in [5, 5.41) is 2.58. The van der Waals surface area contributed by atoms with Crippen molar-refractivity contribution in [1.82, 2.24) is 0 Å². The first-order valence-electron chi connectivity index (χ1n) is 9.40. The topological polar surface area (TPSA) is 18.5 Å². The van der Waals surface area contributed by atoms with Crippen LogP contribution >= 0.6 is 0 Å². The Bertz CT molecular complexity index is 520. The molecule has 2 nitrogen and oxygen atoms in total. The summed E-state index contributed by atoms with van der Waals surface area (Å²) < 4.78 is 12.6. The maximum atomic E-state index is 6.31. The van der Waals surface area contributed by atoms with Gasteiger partial charge in [-0.25, -0.2) is 0 Å². The van der Waals surface area contributed by atoms with E-state index in [4.69, 9.17) is 8.85 Å². The first-order chi connectivity index (χ1) is 12.6. The Balaban J connectivity index is 3.35. The van der Waals surface area contributed by atoms with Gasteiger partial charge < -0.3 is 8.85 Å². The third-order valence-electron chi connectivity index (χ3n) is 4.67. The molecule has 0 amide bonds. The number of benzene rings is 1. The van der Waals surface area contributed by atoms with Crippen LogP contribution in [0.4, 0.5) is 0 Å². The number of rotatable bonds is 14. The van der Waals surface area contributed by atoms with Gasteiger partial charge in [0, 0.05) is 13.2 Å². The smallest absolute Gasteiger partial charge is 0.231 e. The molecule has 0 spiro atoms. The van der Waals surface area contributed by atoms with Crippen molar-refractivity contribution in [1.29, 1.82) is 0 Å². The highest BCUT2D eigenvalue weighted by molar-refractivity contribution is 6.88. The summed E-state index contributed by atoms with van der Waals surface area (Å²) in [6.07, 6.45) is 7.92. The van der Waals surface area contributed by atoms with Crippen molar-refractivity contribution >= 4 is 27.0 Å². The Hall–Kier alpha value is -1.47. The standard InChI is InChI=1S/C22H34O2Si2/c1-7-17-25(18-8-2,23-11-5)21-13-15-22(16-14-21)26(19-9-3,20-10-4)24-12-6/h7-10,13-16H,1-4,11-12,17-20H2,5-6H3. The molecular weight excluding hydrogens is 352 g/mol. The van der Waals surface area contributed by atoms with Crippen molar-refractivity contribution in [2.75, 3.05) is 13.2 Å². The van der Waals surface area contributed by atoms with Crippen molar-refractivity contribution in [2.24, 2.45) is 0 Å². The molecule has 0 bridgehead atoms. The summed E-state index contributed by atoms with van der Waals surface area (Å²) >= 11 is 0. The van der Waals surface area contributed by atoms with Crippen LogP contribution in [0, 0.1) is 0 Å². The quantitative estimate of drug-likeness (QED) is 0.337. The van der Waals surface area contributed by atoms with Crippen molar-refractivity contribution in [3.8, 4) is 0 Å². The summed E-state index contributed by atoms with van der Waals surface area (Å²) in [7, 11) is -4.22. The van der Waals surface area contributed by atoms with Crippen molar-refractivity contribution in [3.05, 3.63) is 74.9 Å². The summed E-state index contributed by atoms with van der Waals surface area (Å²) in [6, 6.07) is 12.5. The molecule has 0 saturated heterocycles. The second-order valence-electron chi connectivity index (χ2n) is 6.40. The van der Waals surface area contributed by atoms with E-state index in [0.29, 0.717) is 13.2 Å². The number of allylic oxidation sites excluding steroid dienone is 4. The minimum atomic E-state index is -2.11. The van der Waals surface area contributed by atoms with Crippen molar-refractivity contribution < 1.29 is 8.85 Å². The number of hydrogen-bond acceptors (Lipinski definition) is 2. The Kier molecular flexibility index (Phi) is 9.80. The SMILES string of the molecule is C=CC[Si](CC=C)(OCC)c1ccc([Si](CC=C)(CC=C)OCC)cc1. The van der Waals surface area contributed by atoms with Crippen molar-refractivity contribution in [2.45, 2.75) is 38.0 Å². The van der Waals surface area contributed by atoms with E-state index >= 15 is 0 Å². The molecule has 0 unspecified atom stereocenters. The molecule has 0 aromatic heterocycles. The lowest BCUT2D eigenvalue weighted by Gasteiger charge is -2.32. The lowest BCUT2D eigenvalue weighted by Crippen LogP contribution is -2.53. The third kappa shape index (κ3) is 5.27. The Labute approximate surface area is 162 Å². The summed E-state index contributed by atoms with van der Waals surface area (Å²) in [5.74, 6) is 0. The Morgan fingerprint density at radius 2 is 0.923 bits per heavy atom. The van der Waals surface area contributed by atoms with Crippen LogP contribution in [-0.4, -0.2) is 29.8 Å². The summed E-state index contributed by atoms with van der Waals surface area (Å²) in [5.41, 5.74) is 0. The molecule has 1 aromatic carbocycles. The molecule has 0 fully saturated rings. The van der Waals surface area contributed by atoms with Crippen LogP contribution in [0.3, 0.4) is 0 Å². The summed E-state index contributed by atoms with van der Waals surface area (Å²) in [4.78, 5) is 0. The van der Waals surface area contributed by atoms with E-state index < -0.39 is 16.6 Å². The molecule has 0 aliphatic carbocycles. The first kappa shape index (κ1) is 22.6. The van der Waals surface area contributed by atoms with Crippen LogP contribution in [0.2, 0.25) is 24.2 Å². The molecular formula is C22H34O2Si2. The zero-order valence-electron chi connectivity index (χ0n) is 16.5. The fraction of sp³-hybridized carbons (Fsp3) is 0.364. The van der Waals surface area contributed by atoms with Crippen LogP contribution < -0.4 is 10.4 Å². The van der Waals surface area contributed by atoms with Gasteiger partial charge >= 0.3 is 0 Å². The highest BCUT2D eigenvalue weighted by Gasteiger charge is 2.37. The maximum Gasteiger partial charge on any atom is 0.231 e. The van der Waals surface area contributed by atoms with Gasteiger partial charge in [0.05, 0.1) is 0 Å². The maximum absolute atomic E-state index is 6.31. The zero-order valence-corrected chi connectivity index (χ0v) is 18.5. The molecule has 0 N–H and O–H groups in total. The largest absolute Gasteiger partial charge is 0.412 e. The van der Waals surface area contributed by atoms with Gasteiger partial charge in [-0.3, -0.25) is 0 Å². The molecule has 1 rings (SSSR count). The first-order valence-corrected chi connectivity index (χ1v) is 14.0. The monoisotopic (exact) mass is 386 g/mol. The second kappa shape index (κ2) is 11.3. The van der Waals surface area contributed by atoms with Gasteiger partial charge in [0.1, 0.15) is 0 Å². The predicted octanol–water partition coefficient (Wildman–Crippen LogP) is 4.81. The van der Waals surface area contributed by atoms with Crippen LogP contribution in [0.25, 0.3) is 0 Å². The Morgan fingerprint density at radius 3 is 1.12 bits per heavy atom. The van der Waals surface area contributed by atoms with Crippen LogP contribution in [0.15, 0.2) is 74.9 Å². The van der Waals surface area contributed by atoms with Gasteiger partial charge in [0.15, 0.2) is 0 Å². The van der Waals surface area contributed by atoms with Crippen LogP contribution in [0.5, 0.6) is 0 Å².